The Kier molecular flexibility index (Phi) is 6.22. The Morgan fingerprint density at radius 1 is 0.700 bits per heavy atom. The number of benzene rings is 2. The lowest BCUT2D eigenvalue weighted by Crippen LogP contribution is -2.33. The van der Waals surface area contributed by atoms with Crippen LogP contribution < -0.4 is 4.57 Å². The first-order valence-electron chi connectivity index (χ1n) is 11.1. The van der Waals surface area contributed by atoms with Crippen molar-refractivity contribution in [2.75, 3.05) is 0 Å². The maximum Gasteiger partial charge on any atom is 0.212 e. The molecule has 1 nitrogen and oxygen atoms in total. The van der Waals surface area contributed by atoms with Crippen LogP contribution in [0.3, 0.4) is 0 Å². The van der Waals surface area contributed by atoms with Crippen molar-refractivity contribution in [3.05, 3.63) is 77.5 Å². The van der Waals surface area contributed by atoms with Gasteiger partial charge in [-0.25, -0.2) is 4.57 Å². The molecule has 0 fully saturated rings. The Hall–Kier alpha value is -2.41. The van der Waals surface area contributed by atoms with E-state index in [0.717, 1.165) is 12.8 Å². The van der Waals surface area contributed by atoms with Crippen molar-refractivity contribution >= 4 is 0 Å². The first-order valence-corrected chi connectivity index (χ1v) is 11.1. The van der Waals surface area contributed by atoms with E-state index in [9.17, 15) is 0 Å². The molecular formula is C29H38N+. The molecule has 0 radical (unpaired) electrons. The third-order valence-electron chi connectivity index (χ3n) is 5.52. The second kappa shape index (κ2) is 8.38. The van der Waals surface area contributed by atoms with Crippen molar-refractivity contribution in [2.45, 2.75) is 61.3 Å². The van der Waals surface area contributed by atoms with Crippen LogP contribution in [-0.2, 0) is 19.9 Å². The van der Waals surface area contributed by atoms with Crippen LogP contribution in [0.25, 0.3) is 22.4 Å². The molecule has 0 saturated carbocycles. The van der Waals surface area contributed by atoms with E-state index in [1.807, 2.05) is 0 Å². The van der Waals surface area contributed by atoms with E-state index in [0.29, 0.717) is 0 Å². The van der Waals surface area contributed by atoms with Crippen LogP contribution in [0.5, 0.6) is 0 Å². The molecule has 0 atom stereocenters. The molecule has 0 bridgehead atoms. The summed E-state index contributed by atoms with van der Waals surface area (Å²) in [6.45, 7) is 16.2. The predicted octanol–water partition coefficient (Wildman–Crippen LogP) is 7.33. The highest BCUT2D eigenvalue weighted by molar-refractivity contribution is 5.73. The summed E-state index contributed by atoms with van der Waals surface area (Å²) in [5.74, 6) is 0. The maximum atomic E-state index is 2.45. The number of pyridine rings is 1. The van der Waals surface area contributed by atoms with E-state index in [1.54, 1.807) is 0 Å². The monoisotopic (exact) mass is 400 g/mol. The van der Waals surface area contributed by atoms with E-state index in [2.05, 4.69) is 121 Å². The lowest BCUT2D eigenvalue weighted by Gasteiger charge is -2.24. The van der Waals surface area contributed by atoms with Crippen LogP contribution in [0.15, 0.2) is 60.8 Å². The maximum absolute atomic E-state index is 2.45. The average Bonchev–Trinajstić information content (AvgIpc) is 2.63. The third-order valence-corrected chi connectivity index (χ3v) is 5.52. The molecule has 0 aliphatic heterocycles. The number of aryl methyl sites for hydroxylation is 2. The fraction of sp³-hybridized carbons (Fsp3) is 0.414. The summed E-state index contributed by atoms with van der Waals surface area (Å²) in [5.41, 5.74) is 9.94. The zero-order valence-electron chi connectivity index (χ0n) is 20.1. The van der Waals surface area contributed by atoms with E-state index < -0.39 is 0 Å². The van der Waals surface area contributed by atoms with Crippen LogP contribution in [-0.4, -0.2) is 0 Å². The molecule has 1 aromatic heterocycles. The minimum atomic E-state index is 0.255. The minimum Gasteiger partial charge on any atom is -0.201 e. The molecule has 0 N–H and O–H groups in total. The molecule has 1 heterocycles. The van der Waals surface area contributed by atoms with Crippen LogP contribution in [0.1, 0.15) is 58.2 Å². The summed E-state index contributed by atoms with van der Waals surface area (Å²) in [4.78, 5) is 0. The molecule has 0 spiro atoms. The van der Waals surface area contributed by atoms with Gasteiger partial charge in [0.05, 0.1) is 0 Å². The molecule has 1 heteroatoms. The minimum absolute atomic E-state index is 0.255. The second-order valence-corrected chi connectivity index (χ2v) is 11.2. The molecule has 3 rings (SSSR count). The zero-order chi connectivity index (χ0) is 22.1. The topological polar surface area (TPSA) is 3.88 Å². The van der Waals surface area contributed by atoms with E-state index in [4.69, 9.17) is 0 Å². The normalized spacial score (nSPS) is 12.3. The van der Waals surface area contributed by atoms with Crippen molar-refractivity contribution in [1.29, 1.82) is 0 Å². The Morgan fingerprint density at radius 3 is 1.90 bits per heavy atom. The number of rotatable bonds is 4. The molecule has 30 heavy (non-hydrogen) atoms. The average molecular weight is 401 g/mol. The van der Waals surface area contributed by atoms with Crippen LogP contribution in [0.4, 0.5) is 0 Å². The van der Waals surface area contributed by atoms with Crippen LogP contribution in [0, 0.1) is 17.8 Å². The highest BCUT2D eigenvalue weighted by Gasteiger charge is 2.24. The van der Waals surface area contributed by atoms with E-state index in [1.165, 1.54) is 39.1 Å². The van der Waals surface area contributed by atoms with E-state index in [-0.39, 0.29) is 10.8 Å². The highest BCUT2D eigenvalue weighted by Crippen LogP contribution is 2.32. The second-order valence-electron chi connectivity index (χ2n) is 11.2. The van der Waals surface area contributed by atoms with Crippen molar-refractivity contribution in [3.8, 4) is 22.4 Å². The van der Waals surface area contributed by atoms with Gasteiger partial charge in [0.25, 0.3) is 0 Å². The number of hydrogen-bond acceptors (Lipinski definition) is 0. The summed E-state index contributed by atoms with van der Waals surface area (Å²) < 4.78 is 2.32. The van der Waals surface area contributed by atoms with E-state index >= 15 is 0 Å². The Labute approximate surface area is 183 Å². The van der Waals surface area contributed by atoms with Gasteiger partial charge in [-0.1, -0.05) is 84.0 Å². The fourth-order valence-electron chi connectivity index (χ4n) is 4.19. The van der Waals surface area contributed by atoms with Crippen molar-refractivity contribution < 1.29 is 4.57 Å². The van der Waals surface area contributed by atoms with Gasteiger partial charge in [-0.15, -0.1) is 0 Å². The Bertz CT molecular complexity index is 1010. The van der Waals surface area contributed by atoms with Crippen LogP contribution >= 0.6 is 0 Å². The summed E-state index contributed by atoms with van der Waals surface area (Å²) in [5, 5.41) is 0. The largest absolute Gasteiger partial charge is 0.212 e. The van der Waals surface area contributed by atoms with Crippen molar-refractivity contribution in [2.24, 2.45) is 17.9 Å². The summed E-state index contributed by atoms with van der Waals surface area (Å²) >= 11 is 0. The Morgan fingerprint density at radius 2 is 1.30 bits per heavy atom. The van der Waals surface area contributed by atoms with Crippen LogP contribution in [0.2, 0.25) is 0 Å². The molecule has 2 aromatic carbocycles. The number of aromatic nitrogens is 1. The smallest absolute Gasteiger partial charge is 0.201 e. The molecule has 158 valence electrons. The van der Waals surface area contributed by atoms with Crippen molar-refractivity contribution in [1.82, 2.24) is 0 Å². The third kappa shape index (κ3) is 5.59. The van der Waals surface area contributed by atoms with Gasteiger partial charge in [0.1, 0.15) is 7.05 Å². The van der Waals surface area contributed by atoms with Gasteiger partial charge in [0.15, 0.2) is 6.20 Å². The molecule has 0 unspecified atom stereocenters. The van der Waals surface area contributed by atoms with Gasteiger partial charge >= 0.3 is 0 Å². The van der Waals surface area contributed by atoms with Gasteiger partial charge in [0.2, 0.25) is 5.69 Å². The lowest BCUT2D eigenvalue weighted by molar-refractivity contribution is -0.660. The SMILES string of the molecule is Cc1ccc(-c2ccccc2)cc1-c1cc(CC(C)(C)C)c(CC(C)(C)C)c[n+]1C. The van der Waals surface area contributed by atoms with Gasteiger partial charge in [-0.05, 0) is 58.9 Å². The number of hydrogen-bond donors (Lipinski definition) is 0. The summed E-state index contributed by atoms with van der Waals surface area (Å²) in [6.07, 6.45) is 4.55. The first kappa shape index (κ1) is 22.3. The zero-order valence-corrected chi connectivity index (χ0v) is 20.1. The molecule has 0 amide bonds. The first-order chi connectivity index (χ1) is 13.9. The molecule has 0 saturated heterocycles. The lowest BCUT2D eigenvalue weighted by atomic mass is 9.81. The molecule has 0 aliphatic carbocycles. The van der Waals surface area contributed by atoms with Crippen molar-refractivity contribution in [3.63, 3.8) is 0 Å². The van der Waals surface area contributed by atoms with Gasteiger partial charge in [-0.3, -0.25) is 0 Å². The quantitative estimate of drug-likeness (QED) is 0.404. The summed E-state index contributed by atoms with van der Waals surface area (Å²) in [7, 11) is 2.19. The summed E-state index contributed by atoms with van der Waals surface area (Å²) in [6, 6.07) is 20.0. The highest BCUT2D eigenvalue weighted by atomic mass is 14.9. The molecule has 0 aliphatic rings. The Balaban J connectivity index is 2.15. The molecule has 3 aromatic rings. The predicted molar refractivity (Wildman–Crippen MR) is 130 cm³/mol. The number of nitrogens with zero attached hydrogens (tertiary/aromatic N) is 1. The van der Waals surface area contributed by atoms with Gasteiger partial charge in [0, 0.05) is 17.2 Å². The van der Waals surface area contributed by atoms with Gasteiger partial charge in [-0.2, -0.15) is 0 Å². The standard InChI is InChI=1S/C29H38N/c1-21-14-15-23(22-12-10-9-11-13-22)16-26(21)27-17-24(18-28(2,3)4)25(20-30(27)8)19-29(5,6)7/h9-17,20H,18-19H2,1-8H3/q+1. The van der Waals surface area contributed by atoms with Gasteiger partial charge < -0.3 is 0 Å². The fourth-order valence-corrected chi connectivity index (χ4v) is 4.19. The molecular weight excluding hydrogens is 362 g/mol.